The second-order valence-electron chi connectivity index (χ2n) is 3.87. The molecule has 1 heterocycles. The number of aryl methyl sites for hydroxylation is 1. The first-order valence-electron chi connectivity index (χ1n) is 5.59. The Morgan fingerprint density at radius 1 is 1.20 bits per heavy atom. The van der Waals surface area contributed by atoms with Gasteiger partial charge in [0.15, 0.2) is 0 Å². The first-order valence-corrected chi connectivity index (χ1v) is 5.59. The molecule has 0 spiro atoms. The molecule has 0 saturated heterocycles. The van der Waals surface area contributed by atoms with Crippen molar-refractivity contribution in [3.63, 3.8) is 0 Å². The summed E-state index contributed by atoms with van der Waals surface area (Å²) in [6.07, 6.45) is 8.50. The summed E-state index contributed by atoms with van der Waals surface area (Å²) in [7, 11) is 0. The first kappa shape index (κ1) is 10.1. The molecule has 0 N–H and O–H groups in total. The molecule has 1 aromatic heterocycles. The van der Waals surface area contributed by atoms with Gasteiger partial charge in [0.1, 0.15) is 6.33 Å². The average molecular weight is 200 g/mol. The third-order valence-electron chi connectivity index (χ3n) is 2.64. The molecule has 0 unspecified atom stereocenters. The van der Waals surface area contributed by atoms with Gasteiger partial charge in [-0.1, -0.05) is 25.8 Å². The molecule has 1 aromatic carbocycles. The Hall–Kier alpha value is -1.44. The maximum Gasteiger partial charge on any atom is 0.116 e. The van der Waals surface area contributed by atoms with Crippen molar-refractivity contribution in [3.05, 3.63) is 36.3 Å². The molecule has 0 aliphatic heterocycles. The predicted molar refractivity (Wildman–Crippen MR) is 62.8 cm³/mol. The molecule has 0 aliphatic rings. The number of aromatic nitrogens is 2. The van der Waals surface area contributed by atoms with Crippen molar-refractivity contribution < 1.29 is 0 Å². The minimum atomic E-state index is 1.03. The van der Waals surface area contributed by atoms with Gasteiger partial charge in [-0.05, 0) is 30.5 Å². The lowest BCUT2D eigenvalue weighted by atomic mass is 10.1. The second kappa shape index (κ2) is 4.87. The van der Waals surface area contributed by atoms with E-state index in [9.17, 15) is 0 Å². The summed E-state index contributed by atoms with van der Waals surface area (Å²) < 4.78 is 0. The van der Waals surface area contributed by atoms with Crippen LogP contribution in [0.4, 0.5) is 0 Å². The highest BCUT2D eigenvalue weighted by atomic mass is 14.8. The molecule has 0 aliphatic carbocycles. The topological polar surface area (TPSA) is 25.8 Å². The molecule has 2 aromatic rings. The molecule has 0 radical (unpaired) electrons. The van der Waals surface area contributed by atoms with Gasteiger partial charge in [-0.25, -0.2) is 9.97 Å². The zero-order valence-corrected chi connectivity index (χ0v) is 9.11. The van der Waals surface area contributed by atoms with Gasteiger partial charge in [0, 0.05) is 11.6 Å². The Bertz CT molecular complexity index is 437. The molecular weight excluding hydrogens is 184 g/mol. The number of benzene rings is 1. The lowest BCUT2D eigenvalue weighted by molar-refractivity contribution is 0.718. The number of hydrogen-bond acceptors (Lipinski definition) is 2. The van der Waals surface area contributed by atoms with E-state index in [1.165, 1.54) is 31.2 Å². The normalized spacial score (nSPS) is 10.7. The lowest BCUT2D eigenvalue weighted by Gasteiger charge is -2.02. The fourth-order valence-electron chi connectivity index (χ4n) is 1.77. The zero-order valence-electron chi connectivity index (χ0n) is 9.11. The summed E-state index contributed by atoms with van der Waals surface area (Å²) in [6.45, 7) is 2.23. The minimum Gasteiger partial charge on any atom is -0.244 e. The molecule has 78 valence electrons. The van der Waals surface area contributed by atoms with Crippen LogP contribution in [0.15, 0.2) is 30.7 Å². The molecule has 0 amide bonds. The van der Waals surface area contributed by atoms with E-state index < -0.39 is 0 Å². The highest BCUT2D eigenvalue weighted by Crippen LogP contribution is 2.14. The Morgan fingerprint density at radius 2 is 2.13 bits per heavy atom. The van der Waals surface area contributed by atoms with Crippen LogP contribution in [0.3, 0.4) is 0 Å². The van der Waals surface area contributed by atoms with Gasteiger partial charge in [-0.3, -0.25) is 0 Å². The van der Waals surface area contributed by atoms with Gasteiger partial charge in [-0.15, -0.1) is 0 Å². The van der Waals surface area contributed by atoms with E-state index in [1.54, 1.807) is 6.33 Å². The van der Waals surface area contributed by atoms with E-state index in [1.807, 2.05) is 6.20 Å². The summed E-state index contributed by atoms with van der Waals surface area (Å²) in [5.74, 6) is 0. The van der Waals surface area contributed by atoms with E-state index in [-0.39, 0.29) is 0 Å². The molecule has 0 fully saturated rings. The number of rotatable bonds is 4. The fraction of sp³-hybridized carbons (Fsp3) is 0.385. The average Bonchev–Trinajstić information content (AvgIpc) is 2.29. The fourth-order valence-corrected chi connectivity index (χ4v) is 1.77. The van der Waals surface area contributed by atoms with Crippen molar-refractivity contribution in [2.24, 2.45) is 0 Å². The van der Waals surface area contributed by atoms with E-state index >= 15 is 0 Å². The smallest absolute Gasteiger partial charge is 0.116 e. The number of fused-ring (bicyclic) bond motifs is 1. The third-order valence-corrected chi connectivity index (χ3v) is 2.64. The van der Waals surface area contributed by atoms with E-state index in [4.69, 9.17) is 0 Å². The van der Waals surface area contributed by atoms with Crippen LogP contribution in [0.1, 0.15) is 31.7 Å². The molecule has 2 rings (SSSR count). The lowest BCUT2D eigenvalue weighted by Crippen LogP contribution is -1.87. The van der Waals surface area contributed by atoms with Gasteiger partial charge in [0.2, 0.25) is 0 Å². The molecule has 2 nitrogen and oxygen atoms in total. The molecule has 0 bridgehead atoms. The van der Waals surface area contributed by atoms with E-state index in [2.05, 4.69) is 35.1 Å². The van der Waals surface area contributed by atoms with Crippen molar-refractivity contribution >= 4 is 10.9 Å². The van der Waals surface area contributed by atoms with Gasteiger partial charge < -0.3 is 0 Å². The molecule has 0 saturated carbocycles. The Labute approximate surface area is 90.4 Å². The Morgan fingerprint density at radius 3 is 3.00 bits per heavy atom. The summed E-state index contributed by atoms with van der Waals surface area (Å²) in [4.78, 5) is 8.25. The van der Waals surface area contributed by atoms with Crippen LogP contribution in [-0.4, -0.2) is 9.97 Å². The maximum atomic E-state index is 4.21. The number of unbranched alkanes of at least 4 members (excludes halogenated alkanes) is 2. The highest BCUT2D eigenvalue weighted by Gasteiger charge is 1.97. The van der Waals surface area contributed by atoms with Crippen molar-refractivity contribution in [1.29, 1.82) is 0 Å². The van der Waals surface area contributed by atoms with Gasteiger partial charge in [0.05, 0.1) is 5.52 Å². The summed E-state index contributed by atoms with van der Waals surface area (Å²) in [5.41, 5.74) is 2.43. The van der Waals surface area contributed by atoms with Crippen molar-refractivity contribution in [1.82, 2.24) is 9.97 Å². The van der Waals surface area contributed by atoms with Gasteiger partial charge >= 0.3 is 0 Å². The van der Waals surface area contributed by atoms with E-state index in [0.717, 1.165) is 10.9 Å². The summed E-state index contributed by atoms with van der Waals surface area (Å²) in [5, 5.41) is 1.14. The van der Waals surface area contributed by atoms with E-state index in [0.29, 0.717) is 0 Å². The van der Waals surface area contributed by atoms with Gasteiger partial charge in [0.25, 0.3) is 0 Å². The van der Waals surface area contributed by atoms with Crippen LogP contribution in [0, 0.1) is 0 Å². The molecule has 15 heavy (non-hydrogen) atoms. The van der Waals surface area contributed by atoms with Crippen molar-refractivity contribution in [2.45, 2.75) is 32.6 Å². The molecule has 0 atom stereocenters. The van der Waals surface area contributed by atoms with Crippen molar-refractivity contribution in [2.75, 3.05) is 0 Å². The maximum absolute atomic E-state index is 4.21. The largest absolute Gasteiger partial charge is 0.244 e. The molecular formula is C13H16N2. The Kier molecular flexibility index (Phi) is 3.28. The summed E-state index contributed by atoms with van der Waals surface area (Å²) in [6, 6.07) is 6.45. The standard InChI is InChI=1S/C13H16N2/c1-2-3-4-5-11-6-7-13-12(8-11)9-14-10-15-13/h6-10H,2-5H2,1H3. The SMILES string of the molecule is CCCCCc1ccc2ncncc2c1. The predicted octanol–water partition coefficient (Wildman–Crippen LogP) is 3.36. The van der Waals surface area contributed by atoms with Crippen LogP contribution < -0.4 is 0 Å². The summed E-state index contributed by atoms with van der Waals surface area (Å²) >= 11 is 0. The Balaban J connectivity index is 2.16. The van der Waals surface area contributed by atoms with Crippen LogP contribution in [0.25, 0.3) is 10.9 Å². The second-order valence-corrected chi connectivity index (χ2v) is 3.87. The van der Waals surface area contributed by atoms with Crippen LogP contribution >= 0.6 is 0 Å². The van der Waals surface area contributed by atoms with Crippen LogP contribution in [0.5, 0.6) is 0 Å². The van der Waals surface area contributed by atoms with Crippen LogP contribution in [-0.2, 0) is 6.42 Å². The quantitative estimate of drug-likeness (QED) is 0.707. The van der Waals surface area contributed by atoms with Crippen LogP contribution in [0.2, 0.25) is 0 Å². The zero-order chi connectivity index (χ0) is 10.5. The number of hydrogen-bond donors (Lipinski definition) is 0. The first-order chi connectivity index (χ1) is 7.40. The van der Waals surface area contributed by atoms with Crippen molar-refractivity contribution in [3.8, 4) is 0 Å². The number of nitrogens with zero attached hydrogens (tertiary/aromatic N) is 2. The van der Waals surface area contributed by atoms with Gasteiger partial charge in [-0.2, -0.15) is 0 Å². The third kappa shape index (κ3) is 2.52. The monoisotopic (exact) mass is 200 g/mol. The highest BCUT2D eigenvalue weighted by molar-refractivity contribution is 5.77. The minimum absolute atomic E-state index is 1.03. The molecule has 2 heteroatoms.